The van der Waals surface area contributed by atoms with Crippen molar-refractivity contribution >= 4 is 82.3 Å². The molecule has 13 aliphatic carbocycles. The van der Waals surface area contributed by atoms with Crippen LogP contribution in [-0.2, 0) is 61.9 Å². The number of carboxylic acid groups (broad SMARTS) is 1. The molecule has 0 unspecified atom stereocenters. The van der Waals surface area contributed by atoms with Gasteiger partial charge in [0.2, 0.25) is 0 Å². The van der Waals surface area contributed by atoms with Gasteiger partial charge < -0.3 is 28.6 Å². The fourth-order valence-electron chi connectivity index (χ4n) is 23.8. The van der Waals surface area contributed by atoms with Crippen LogP contribution in [0.4, 0.5) is 0 Å². The third kappa shape index (κ3) is 22.0. The van der Waals surface area contributed by atoms with Crippen molar-refractivity contribution in [3.8, 4) is 0 Å². The van der Waals surface area contributed by atoms with Gasteiger partial charge in [-0.2, -0.15) is 0 Å². The van der Waals surface area contributed by atoms with Crippen LogP contribution in [0, 0.1) is 44.8 Å². The van der Waals surface area contributed by atoms with Crippen molar-refractivity contribution in [3.05, 3.63) is 130 Å². The summed E-state index contributed by atoms with van der Waals surface area (Å²) in [5.41, 5.74) is 22.6. The van der Waals surface area contributed by atoms with Crippen LogP contribution in [0.25, 0.3) is 32.6 Å². The number of hydrogen-bond donors (Lipinski definition) is 1. The SMILES string of the molecule is BrC1=CCc2ncc3nc(C4CCC5(CCC5)CC4)cn3c21.C.C.C.C.C.C.C.C.C1=C(C2=CCc3ncc4nc(C5CCC6(CCC6)CC5)cn4c32)CCOC1.C1=C(C2CCOCC2)c2c(ncc3nc(C4CCC5(CCC5)CC4)cn23)C1.CC1(C)OB(C2=CCOCC2)OC1(C)C.CS(C)(=O)=CC(=O)C1CCC2(CCC2)CC1.O=C(O)C1CCC2(CCC2)CC1. The second-order valence-electron chi connectivity index (χ2n) is 41.2. The molecule has 17 aliphatic rings. The molecule has 0 bridgehead atoms. The van der Waals surface area contributed by atoms with Crippen LogP contribution in [0.1, 0.15) is 407 Å². The fourth-order valence-corrected chi connectivity index (χ4v) is 25.2. The Morgan fingerprint density at radius 1 is 0.441 bits per heavy atom. The Morgan fingerprint density at radius 3 is 1.20 bits per heavy atom. The largest absolute Gasteiger partial charge is 0.490 e. The number of hydrogen-bond acceptors (Lipinski definition) is 14. The highest BCUT2D eigenvalue weighted by atomic mass is 79.9. The van der Waals surface area contributed by atoms with E-state index in [1.807, 2.05) is 18.6 Å². The normalized spacial score (nSPS) is 25.7. The molecular formula is C106H165BBrN9O9S. The first-order valence-corrected chi connectivity index (χ1v) is 50.0. The van der Waals surface area contributed by atoms with Crippen molar-refractivity contribution in [3.63, 3.8) is 0 Å². The maximum atomic E-state index is 11.9. The van der Waals surface area contributed by atoms with Gasteiger partial charge in [-0.05, 0) is 327 Å². The number of carbonyl (C=O) groups is 2. The highest BCUT2D eigenvalue weighted by Crippen LogP contribution is 2.59. The Bertz CT molecular complexity index is 4990. The molecule has 18 nitrogen and oxygen atoms in total. The monoisotopic (exact) mass is 1830 g/mol. The van der Waals surface area contributed by atoms with Crippen LogP contribution < -0.4 is 0 Å². The van der Waals surface area contributed by atoms with Crippen LogP contribution >= 0.6 is 15.9 Å². The van der Waals surface area contributed by atoms with E-state index in [-0.39, 0.29) is 95.4 Å². The zero-order valence-electron chi connectivity index (χ0n) is 72.4. The van der Waals surface area contributed by atoms with Gasteiger partial charge in [-0.25, -0.2) is 15.0 Å². The average Bonchev–Trinajstić information content (AvgIpc) is 1.61. The molecule has 0 radical (unpaired) electrons. The number of carbonyl (C=O) groups excluding carboxylic acids is 1. The first-order chi connectivity index (χ1) is 57.4. The predicted octanol–water partition coefficient (Wildman–Crippen LogP) is 26.4. The molecule has 10 heterocycles. The molecule has 2 saturated heterocycles. The number of rotatable bonds is 9. The van der Waals surface area contributed by atoms with Crippen molar-refractivity contribution < 1.29 is 42.4 Å². The van der Waals surface area contributed by atoms with Crippen molar-refractivity contribution in [2.24, 2.45) is 44.8 Å². The van der Waals surface area contributed by atoms with E-state index >= 15 is 0 Å². The molecule has 21 heteroatoms. The first-order valence-electron chi connectivity index (χ1n) is 46.8. The lowest BCUT2D eigenvalue weighted by atomic mass is 9.59. The van der Waals surface area contributed by atoms with E-state index in [1.54, 1.807) is 12.5 Å². The Labute approximate surface area is 775 Å². The molecule has 0 aromatic carbocycles. The fraction of sp³-hybridized carbons (Fsp3) is 0.708. The predicted molar refractivity (Wildman–Crippen MR) is 531 cm³/mol. The highest BCUT2D eigenvalue weighted by Gasteiger charge is 2.53. The molecular weight excluding hydrogens is 1670 g/mol. The van der Waals surface area contributed by atoms with E-state index in [4.69, 9.17) is 53.5 Å². The molecule has 23 rings (SSSR count). The van der Waals surface area contributed by atoms with E-state index in [1.165, 1.54) is 272 Å². The summed E-state index contributed by atoms with van der Waals surface area (Å²) in [4.78, 5) is 51.6. The minimum atomic E-state index is -2.02. The molecule has 10 saturated carbocycles. The molecule has 6 aromatic rings. The number of nitrogens with zero attached hydrogens (tertiary/aromatic N) is 9. The Morgan fingerprint density at radius 2 is 0.811 bits per heavy atom. The lowest BCUT2D eigenvalue weighted by molar-refractivity contribution is -0.144. The number of imidazole rings is 3. The molecule has 5 spiro atoms. The Balaban J connectivity index is 0.000000160. The van der Waals surface area contributed by atoms with Crippen LogP contribution in [-0.4, -0.2) is 140 Å². The van der Waals surface area contributed by atoms with E-state index in [0.29, 0.717) is 46.5 Å². The number of fused-ring (bicyclic) bond motifs is 9. The van der Waals surface area contributed by atoms with Crippen LogP contribution in [0.5, 0.6) is 0 Å². The number of halogens is 1. The number of ether oxygens (including phenoxy) is 3. The maximum Gasteiger partial charge on any atom is 0.490 e. The third-order valence-electron chi connectivity index (χ3n) is 33.3. The van der Waals surface area contributed by atoms with Crippen molar-refractivity contribution in [2.75, 3.05) is 52.2 Å². The summed E-state index contributed by atoms with van der Waals surface area (Å²) in [6, 6.07) is 0. The van der Waals surface area contributed by atoms with E-state index in [9.17, 15) is 13.8 Å². The van der Waals surface area contributed by atoms with Gasteiger partial charge in [-0.1, -0.05) is 122 Å². The molecule has 6 aromatic heterocycles. The van der Waals surface area contributed by atoms with Gasteiger partial charge >= 0.3 is 13.1 Å². The summed E-state index contributed by atoms with van der Waals surface area (Å²) >= 11 is 3.67. The third-order valence-corrected chi connectivity index (χ3v) is 34.8. The van der Waals surface area contributed by atoms with Crippen molar-refractivity contribution in [2.45, 2.75) is 386 Å². The summed E-state index contributed by atoms with van der Waals surface area (Å²) in [5.74, 6) is 2.21. The number of ketones is 1. The van der Waals surface area contributed by atoms with E-state index in [2.05, 4.69) is 111 Å². The lowest BCUT2D eigenvalue weighted by Gasteiger charge is -2.46. The lowest BCUT2D eigenvalue weighted by Crippen LogP contribution is -2.41. The summed E-state index contributed by atoms with van der Waals surface area (Å²) < 4.78 is 47.9. The van der Waals surface area contributed by atoms with Crippen molar-refractivity contribution in [1.29, 1.82) is 0 Å². The standard InChI is InChI=1S/C23H29N3O.C23H27N3O.C18H20BrN3.C13H22O2S.C11H19BO3.C10H16O2.8CH4/c2*1-8-23(9-1)10-4-17(5-11-23)20-15-26-21(25-20)14-24-19-3-2-18(22(19)26)16-6-12-27-13-7-16;19-13-2-3-14-17(13)22-11-15(21-16(22)10-20-14)12-4-8-18(9-5-12)6-1-7-18;1-16(2,15)10-12(14)11-4-8-13(9-5-11)6-3-7-13;1-10(2)11(3,4)15-12(14-10)9-5-7-13-8-6-9;11-9(12)8-2-6-10(7-3-8)4-1-5-10;;;;;;;;/h2,14-17H,1,3-13H2;2,6,14-15,17H,1,3-5,7-13H2;2,10-12H,1,3-9H2;10-11H,3-9H2,1-2H3;5H,6-8H2,1-4H3;8H,1-7H2,(H,11,12);8*1H4. The topological polar surface area (TPSA) is 208 Å². The van der Waals surface area contributed by atoms with Gasteiger partial charge in [-0.3, -0.25) is 42.0 Å². The van der Waals surface area contributed by atoms with Crippen LogP contribution in [0.3, 0.4) is 0 Å². The van der Waals surface area contributed by atoms with Gasteiger partial charge in [0.05, 0.1) is 113 Å². The van der Waals surface area contributed by atoms with Gasteiger partial charge in [-0.15, -0.1) is 0 Å². The summed E-state index contributed by atoms with van der Waals surface area (Å²) in [7, 11) is -2.20. The summed E-state index contributed by atoms with van der Waals surface area (Å²) in [6.07, 6.45) is 80.7. The first kappa shape index (κ1) is 103. The molecule has 12 fully saturated rings. The minimum Gasteiger partial charge on any atom is -0.481 e. The Hall–Kier alpha value is -5.94. The summed E-state index contributed by atoms with van der Waals surface area (Å²) in [5, 5.41) is 10.3. The maximum absolute atomic E-state index is 11.9. The van der Waals surface area contributed by atoms with Gasteiger partial charge in [0.1, 0.15) is 0 Å². The van der Waals surface area contributed by atoms with Gasteiger partial charge in [0.15, 0.2) is 22.7 Å². The van der Waals surface area contributed by atoms with Gasteiger partial charge in [0, 0.05) is 97.1 Å². The molecule has 0 atom stereocenters. The quantitative estimate of drug-likeness (QED) is 0.105. The average molecular weight is 1830 g/mol. The van der Waals surface area contributed by atoms with Crippen LogP contribution in [0.15, 0.2) is 78.6 Å². The Kier molecular flexibility index (Phi) is 34.5. The molecule has 1 N–H and O–H groups in total. The molecule has 4 aliphatic heterocycles. The summed E-state index contributed by atoms with van der Waals surface area (Å²) in [6.45, 7) is 13.1. The number of aromatic nitrogens is 9. The van der Waals surface area contributed by atoms with E-state index in [0.717, 1.165) is 142 Å². The smallest absolute Gasteiger partial charge is 0.481 e. The van der Waals surface area contributed by atoms with Gasteiger partial charge in [0.25, 0.3) is 0 Å². The molecule has 127 heavy (non-hydrogen) atoms. The number of allylic oxidation sites excluding steroid dienone is 5. The highest BCUT2D eigenvalue weighted by molar-refractivity contribution is 9.15. The minimum absolute atomic E-state index is 0. The zero-order valence-corrected chi connectivity index (χ0v) is 74.8. The number of carboxylic acids is 1. The van der Waals surface area contributed by atoms with Crippen LogP contribution in [0.2, 0.25) is 0 Å². The van der Waals surface area contributed by atoms with Crippen molar-refractivity contribution in [1.82, 2.24) is 43.1 Å². The second kappa shape index (κ2) is 42.5. The molecule has 0 amide bonds. The number of aliphatic carboxylic acids is 1. The molecule has 704 valence electrons. The van der Waals surface area contributed by atoms with E-state index < -0.39 is 15.5 Å². The second-order valence-corrected chi connectivity index (χ2v) is 44.9. The zero-order chi connectivity index (χ0) is 81.9. The number of Topliss-reactive ketones (excluding diaryl/α,β-unsaturated/α-hetero) is 1.